The SMILES string of the molecule is CC(C)C(=O)CS(=O)(=O)c1cccc(Br)c1. The van der Waals surface area contributed by atoms with Gasteiger partial charge in [-0.25, -0.2) is 8.42 Å². The second kappa shape index (κ2) is 5.10. The second-order valence-corrected chi connectivity index (χ2v) is 6.74. The molecule has 1 aromatic carbocycles. The van der Waals surface area contributed by atoms with E-state index in [0.29, 0.717) is 4.47 Å². The summed E-state index contributed by atoms with van der Waals surface area (Å²) in [6.45, 7) is 3.39. The predicted molar refractivity (Wildman–Crippen MR) is 66.0 cm³/mol. The largest absolute Gasteiger partial charge is 0.298 e. The van der Waals surface area contributed by atoms with Crippen molar-refractivity contribution in [1.82, 2.24) is 0 Å². The molecular weight excluding hydrogens is 292 g/mol. The third kappa shape index (κ3) is 3.42. The van der Waals surface area contributed by atoms with Crippen molar-refractivity contribution in [3.05, 3.63) is 28.7 Å². The monoisotopic (exact) mass is 304 g/mol. The number of hydrogen-bond acceptors (Lipinski definition) is 3. The molecule has 88 valence electrons. The van der Waals surface area contributed by atoms with Gasteiger partial charge in [-0.3, -0.25) is 4.79 Å². The molecule has 0 fully saturated rings. The Balaban J connectivity index is 2.99. The van der Waals surface area contributed by atoms with Gasteiger partial charge < -0.3 is 0 Å². The van der Waals surface area contributed by atoms with Gasteiger partial charge in [0.25, 0.3) is 0 Å². The first kappa shape index (κ1) is 13.4. The highest BCUT2D eigenvalue weighted by Crippen LogP contribution is 2.18. The highest BCUT2D eigenvalue weighted by atomic mass is 79.9. The number of carbonyl (C=O) groups is 1. The first-order valence-electron chi connectivity index (χ1n) is 4.84. The lowest BCUT2D eigenvalue weighted by atomic mass is 10.1. The van der Waals surface area contributed by atoms with Gasteiger partial charge in [0.15, 0.2) is 15.6 Å². The average Bonchev–Trinajstić information content (AvgIpc) is 2.17. The summed E-state index contributed by atoms with van der Waals surface area (Å²) in [5.41, 5.74) is 0. The summed E-state index contributed by atoms with van der Waals surface area (Å²) in [4.78, 5) is 11.6. The predicted octanol–water partition coefficient (Wildman–Crippen LogP) is 2.45. The lowest BCUT2D eigenvalue weighted by Crippen LogP contribution is -2.20. The number of halogens is 1. The van der Waals surface area contributed by atoms with Gasteiger partial charge in [0.2, 0.25) is 0 Å². The van der Waals surface area contributed by atoms with E-state index in [1.165, 1.54) is 12.1 Å². The summed E-state index contributed by atoms with van der Waals surface area (Å²) in [6.07, 6.45) is 0. The molecule has 16 heavy (non-hydrogen) atoms. The molecule has 1 rings (SSSR count). The fourth-order valence-electron chi connectivity index (χ4n) is 1.10. The van der Waals surface area contributed by atoms with Crippen LogP contribution in [0.1, 0.15) is 13.8 Å². The maximum Gasteiger partial charge on any atom is 0.185 e. The minimum atomic E-state index is -3.51. The number of Topliss-reactive ketones (excluding diaryl/α,β-unsaturated/α-hetero) is 1. The molecular formula is C11H13BrO3S. The average molecular weight is 305 g/mol. The summed E-state index contributed by atoms with van der Waals surface area (Å²) < 4.78 is 24.4. The summed E-state index contributed by atoms with van der Waals surface area (Å²) in [5, 5.41) is 0. The Kier molecular flexibility index (Phi) is 4.27. The zero-order valence-corrected chi connectivity index (χ0v) is 11.5. The minimum Gasteiger partial charge on any atom is -0.298 e. The number of benzene rings is 1. The number of hydrogen-bond donors (Lipinski definition) is 0. The molecule has 0 spiro atoms. The van der Waals surface area contributed by atoms with Crippen molar-refractivity contribution in [1.29, 1.82) is 0 Å². The first-order valence-corrected chi connectivity index (χ1v) is 7.28. The van der Waals surface area contributed by atoms with Gasteiger partial charge in [0, 0.05) is 10.4 Å². The van der Waals surface area contributed by atoms with E-state index in [9.17, 15) is 13.2 Å². The second-order valence-electron chi connectivity index (χ2n) is 3.84. The molecule has 1 aromatic rings. The van der Waals surface area contributed by atoms with E-state index < -0.39 is 15.6 Å². The molecule has 5 heteroatoms. The van der Waals surface area contributed by atoms with Crippen LogP contribution in [0.2, 0.25) is 0 Å². The van der Waals surface area contributed by atoms with Crippen LogP contribution in [-0.4, -0.2) is 20.0 Å². The molecule has 3 nitrogen and oxygen atoms in total. The van der Waals surface area contributed by atoms with Crippen molar-refractivity contribution in [2.75, 3.05) is 5.75 Å². The van der Waals surface area contributed by atoms with Crippen LogP contribution in [0.3, 0.4) is 0 Å². The quantitative estimate of drug-likeness (QED) is 0.858. The highest BCUT2D eigenvalue weighted by Gasteiger charge is 2.21. The van der Waals surface area contributed by atoms with Crippen molar-refractivity contribution < 1.29 is 13.2 Å². The van der Waals surface area contributed by atoms with Gasteiger partial charge in [0.1, 0.15) is 5.75 Å². The van der Waals surface area contributed by atoms with Crippen molar-refractivity contribution in [2.24, 2.45) is 5.92 Å². The van der Waals surface area contributed by atoms with Crippen molar-refractivity contribution in [3.8, 4) is 0 Å². The number of carbonyl (C=O) groups excluding carboxylic acids is 1. The lowest BCUT2D eigenvalue weighted by molar-refractivity contribution is -0.119. The molecule has 0 bridgehead atoms. The van der Waals surface area contributed by atoms with Crippen molar-refractivity contribution >= 4 is 31.6 Å². The van der Waals surface area contributed by atoms with E-state index in [1.54, 1.807) is 26.0 Å². The molecule has 0 aliphatic rings. The van der Waals surface area contributed by atoms with Gasteiger partial charge in [-0.1, -0.05) is 35.8 Å². The van der Waals surface area contributed by atoms with E-state index in [-0.39, 0.29) is 16.6 Å². The van der Waals surface area contributed by atoms with E-state index in [0.717, 1.165) is 0 Å². The minimum absolute atomic E-state index is 0.177. The number of ketones is 1. The molecule has 0 aromatic heterocycles. The van der Waals surface area contributed by atoms with E-state index in [2.05, 4.69) is 15.9 Å². The zero-order valence-electron chi connectivity index (χ0n) is 9.10. The summed E-state index contributed by atoms with van der Waals surface area (Å²) >= 11 is 3.20. The molecule has 0 aliphatic carbocycles. The Morgan fingerprint density at radius 3 is 2.50 bits per heavy atom. The molecule has 0 radical (unpaired) electrons. The van der Waals surface area contributed by atoms with Gasteiger partial charge in [-0.2, -0.15) is 0 Å². The van der Waals surface area contributed by atoms with Crippen molar-refractivity contribution in [2.45, 2.75) is 18.7 Å². The van der Waals surface area contributed by atoms with Gasteiger partial charge in [-0.05, 0) is 18.2 Å². The Morgan fingerprint density at radius 1 is 1.38 bits per heavy atom. The standard InChI is InChI=1S/C11H13BrO3S/c1-8(2)11(13)7-16(14,15)10-5-3-4-9(12)6-10/h3-6,8H,7H2,1-2H3. The molecule has 0 unspecified atom stereocenters. The first-order chi connectivity index (χ1) is 7.33. The third-order valence-corrected chi connectivity index (χ3v) is 4.26. The van der Waals surface area contributed by atoms with E-state index in [1.807, 2.05) is 0 Å². The zero-order chi connectivity index (χ0) is 12.3. The van der Waals surface area contributed by atoms with E-state index in [4.69, 9.17) is 0 Å². The van der Waals surface area contributed by atoms with Crippen LogP contribution in [0.15, 0.2) is 33.6 Å². The molecule has 0 saturated carbocycles. The Hall–Kier alpha value is -0.680. The lowest BCUT2D eigenvalue weighted by Gasteiger charge is -2.06. The highest BCUT2D eigenvalue weighted by molar-refractivity contribution is 9.10. The smallest absolute Gasteiger partial charge is 0.185 e. The summed E-state index contributed by atoms with van der Waals surface area (Å²) in [6, 6.07) is 6.37. The maximum absolute atomic E-state index is 11.9. The van der Waals surface area contributed by atoms with Crippen LogP contribution >= 0.6 is 15.9 Å². The molecule has 0 aliphatic heterocycles. The molecule has 0 N–H and O–H groups in total. The fourth-order valence-corrected chi connectivity index (χ4v) is 3.12. The molecule has 0 heterocycles. The molecule has 0 amide bonds. The van der Waals surface area contributed by atoms with Crippen molar-refractivity contribution in [3.63, 3.8) is 0 Å². The van der Waals surface area contributed by atoms with Crippen LogP contribution in [0.4, 0.5) is 0 Å². The topological polar surface area (TPSA) is 51.2 Å². The van der Waals surface area contributed by atoms with Crippen LogP contribution in [0, 0.1) is 5.92 Å². The van der Waals surface area contributed by atoms with E-state index >= 15 is 0 Å². The van der Waals surface area contributed by atoms with Gasteiger partial charge in [0.05, 0.1) is 4.90 Å². The van der Waals surface area contributed by atoms with Crippen LogP contribution < -0.4 is 0 Å². The van der Waals surface area contributed by atoms with Gasteiger partial charge >= 0.3 is 0 Å². The maximum atomic E-state index is 11.9. The number of sulfone groups is 1. The summed E-state index contributed by atoms with van der Waals surface area (Å²) in [5.74, 6) is -0.955. The van der Waals surface area contributed by atoms with Crippen LogP contribution in [0.25, 0.3) is 0 Å². The Labute approximate surface area is 104 Å². The molecule has 0 atom stereocenters. The molecule has 0 saturated heterocycles. The van der Waals surface area contributed by atoms with Crippen LogP contribution in [-0.2, 0) is 14.6 Å². The Morgan fingerprint density at radius 2 is 2.00 bits per heavy atom. The fraction of sp³-hybridized carbons (Fsp3) is 0.364. The Bertz CT molecular complexity index is 492. The summed E-state index contributed by atoms with van der Waals surface area (Å²) in [7, 11) is -3.51. The number of rotatable bonds is 4. The van der Waals surface area contributed by atoms with Crippen LogP contribution in [0.5, 0.6) is 0 Å². The van der Waals surface area contributed by atoms with Gasteiger partial charge in [-0.15, -0.1) is 0 Å². The normalized spacial score (nSPS) is 11.8. The third-order valence-electron chi connectivity index (χ3n) is 2.13.